The van der Waals surface area contributed by atoms with Gasteiger partial charge in [0.15, 0.2) is 5.82 Å². The molecule has 0 aliphatic heterocycles. The van der Waals surface area contributed by atoms with Gasteiger partial charge in [-0.05, 0) is 25.7 Å². The Bertz CT molecular complexity index is 502. The lowest BCUT2D eigenvalue weighted by atomic mass is 9.96. The second-order valence-electron chi connectivity index (χ2n) is 4.03. The van der Waals surface area contributed by atoms with Crippen molar-refractivity contribution in [1.82, 2.24) is 25.4 Å². The van der Waals surface area contributed by atoms with E-state index in [4.69, 9.17) is 5.84 Å². The highest BCUT2D eigenvalue weighted by molar-refractivity contribution is 5.55. The van der Waals surface area contributed by atoms with E-state index < -0.39 is 0 Å². The molecule has 7 nitrogen and oxygen atoms in total. The zero-order valence-electron chi connectivity index (χ0n) is 9.27. The molecule has 0 bridgehead atoms. The topological polar surface area (TPSA) is 105 Å². The van der Waals surface area contributed by atoms with Crippen molar-refractivity contribution >= 4 is 5.82 Å². The lowest BCUT2D eigenvalue weighted by molar-refractivity contribution is 0.664. The molecule has 7 heteroatoms. The normalized spacial score (nSPS) is 14.4. The van der Waals surface area contributed by atoms with Gasteiger partial charge in [0.05, 0.1) is 6.20 Å². The van der Waals surface area contributed by atoms with Crippen molar-refractivity contribution in [2.45, 2.75) is 25.7 Å². The molecule has 4 N–H and O–H groups in total. The van der Waals surface area contributed by atoms with Crippen LogP contribution in [0.2, 0.25) is 0 Å². The number of hydrogen-bond donors (Lipinski definition) is 3. The van der Waals surface area contributed by atoms with Crippen LogP contribution in [-0.2, 0) is 12.8 Å². The zero-order valence-corrected chi connectivity index (χ0v) is 9.27. The maximum Gasteiger partial charge on any atom is 0.184 e. The summed E-state index contributed by atoms with van der Waals surface area (Å²) in [5.41, 5.74) is 5.48. The predicted molar refractivity (Wildman–Crippen MR) is 61.9 cm³/mol. The lowest BCUT2D eigenvalue weighted by Crippen LogP contribution is -2.17. The number of hydrazine groups is 1. The molecule has 2 aromatic heterocycles. The Balaban J connectivity index is 2.12. The number of aromatic nitrogens is 5. The number of nitrogens with one attached hydrogen (secondary N) is 2. The summed E-state index contributed by atoms with van der Waals surface area (Å²) in [6.07, 6.45) is 5.87. The fraction of sp³-hybridized carbons (Fsp3) is 0.400. The van der Waals surface area contributed by atoms with Gasteiger partial charge in [-0.25, -0.2) is 15.8 Å². The van der Waals surface area contributed by atoms with Crippen molar-refractivity contribution in [2.24, 2.45) is 5.84 Å². The smallest absolute Gasteiger partial charge is 0.184 e. The van der Waals surface area contributed by atoms with Gasteiger partial charge in [0.1, 0.15) is 11.5 Å². The molecule has 88 valence electrons. The summed E-state index contributed by atoms with van der Waals surface area (Å²) in [6, 6.07) is 0. The van der Waals surface area contributed by atoms with E-state index in [0.29, 0.717) is 17.3 Å². The molecule has 2 aromatic rings. The highest BCUT2D eigenvalue weighted by Gasteiger charge is 2.18. The Labute approximate surface area is 97.8 Å². The van der Waals surface area contributed by atoms with Gasteiger partial charge < -0.3 is 5.43 Å². The molecule has 2 heterocycles. The standard InChI is InChI=1S/C10H13N7/c11-15-9-6-3-1-2-4-7(6)13-10(14-9)8-5-12-17-16-8/h5H,1-4,11H2,(H,12,16,17)(H,13,14,15). The van der Waals surface area contributed by atoms with Crippen LogP contribution >= 0.6 is 0 Å². The van der Waals surface area contributed by atoms with Crippen molar-refractivity contribution in [3.63, 3.8) is 0 Å². The first-order valence-corrected chi connectivity index (χ1v) is 5.61. The summed E-state index contributed by atoms with van der Waals surface area (Å²) in [6.45, 7) is 0. The second-order valence-corrected chi connectivity index (χ2v) is 4.03. The van der Waals surface area contributed by atoms with Gasteiger partial charge in [-0.15, -0.1) is 0 Å². The Morgan fingerprint density at radius 2 is 2.12 bits per heavy atom. The number of nitrogens with two attached hydrogens (primary N) is 1. The van der Waals surface area contributed by atoms with Crippen LogP contribution in [0.3, 0.4) is 0 Å². The number of H-pyrrole nitrogens is 1. The lowest BCUT2D eigenvalue weighted by Gasteiger charge is -2.17. The molecule has 0 amide bonds. The molecule has 0 saturated carbocycles. The molecular formula is C10H13N7. The molecule has 1 aliphatic carbocycles. The van der Waals surface area contributed by atoms with Gasteiger partial charge >= 0.3 is 0 Å². The molecule has 0 spiro atoms. The SMILES string of the molecule is NNc1nc(-c2cn[nH]n2)nc2c1CCCC2. The van der Waals surface area contributed by atoms with Crippen molar-refractivity contribution < 1.29 is 0 Å². The van der Waals surface area contributed by atoms with E-state index in [1.165, 1.54) is 0 Å². The van der Waals surface area contributed by atoms with E-state index in [2.05, 4.69) is 30.8 Å². The van der Waals surface area contributed by atoms with Crippen LogP contribution in [-0.4, -0.2) is 25.4 Å². The molecule has 0 unspecified atom stereocenters. The first kappa shape index (κ1) is 10.2. The second kappa shape index (κ2) is 4.10. The fourth-order valence-electron chi connectivity index (χ4n) is 2.14. The number of nitrogen functional groups attached to an aromatic ring is 1. The van der Waals surface area contributed by atoms with E-state index in [-0.39, 0.29) is 0 Å². The first-order valence-electron chi connectivity index (χ1n) is 5.61. The van der Waals surface area contributed by atoms with Crippen molar-refractivity contribution in [3.05, 3.63) is 17.5 Å². The number of nitrogens with zero attached hydrogens (tertiary/aromatic N) is 4. The number of hydrogen-bond acceptors (Lipinski definition) is 6. The highest BCUT2D eigenvalue weighted by Crippen LogP contribution is 2.26. The third-order valence-electron chi connectivity index (χ3n) is 2.96. The van der Waals surface area contributed by atoms with Crippen LogP contribution < -0.4 is 11.3 Å². The third-order valence-corrected chi connectivity index (χ3v) is 2.96. The van der Waals surface area contributed by atoms with Crippen LogP contribution in [0.15, 0.2) is 6.20 Å². The molecule has 0 radical (unpaired) electrons. The quantitative estimate of drug-likeness (QED) is 0.511. The summed E-state index contributed by atoms with van der Waals surface area (Å²) < 4.78 is 0. The van der Waals surface area contributed by atoms with E-state index >= 15 is 0 Å². The Morgan fingerprint density at radius 3 is 2.88 bits per heavy atom. The number of aromatic amines is 1. The third kappa shape index (κ3) is 1.74. The summed E-state index contributed by atoms with van der Waals surface area (Å²) in [5.74, 6) is 6.78. The molecule has 17 heavy (non-hydrogen) atoms. The minimum Gasteiger partial charge on any atom is -0.308 e. The van der Waals surface area contributed by atoms with E-state index in [1.807, 2.05) is 0 Å². The largest absolute Gasteiger partial charge is 0.308 e. The van der Waals surface area contributed by atoms with Crippen LogP contribution in [0.25, 0.3) is 11.5 Å². The van der Waals surface area contributed by atoms with Crippen molar-refractivity contribution in [3.8, 4) is 11.5 Å². The minimum absolute atomic E-state index is 0.562. The Kier molecular flexibility index (Phi) is 2.45. The van der Waals surface area contributed by atoms with Gasteiger partial charge in [0, 0.05) is 11.3 Å². The predicted octanol–water partition coefficient (Wildman–Crippen LogP) is 0.426. The van der Waals surface area contributed by atoms with E-state index in [1.54, 1.807) is 6.20 Å². The number of fused-ring (bicyclic) bond motifs is 1. The molecule has 0 saturated heterocycles. The summed E-state index contributed by atoms with van der Waals surface area (Å²) >= 11 is 0. The van der Waals surface area contributed by atoms with E-state index in [9.17, 15) is 0 Å². The average molecular weight is 231 g/mol. The summed E-state index contributed by atoms with van der Waals surface area (Å²) in [5, 5.41) is 10.3. The van der Waals surface area contributed by atoms with Gasteiger partial charge in [0.2, 0.25) is 0 Å². The van der Waals surface area contributed by atoms with Crippen LogP contribution in [0.4, 0.5) is 5.82 Å². The average Bonchev–Trinajstić information content (AvgIpc) is 2.91. The van der Waals surface area contributed by atoms with Crippen LogP contribution in [0.5, 0.6) is 0 Å². The number of anilines is 1. The monoisotopic (exact) mass is 231 g/mol. The summed E-state index contributed by atoms with van der Waals surface area (Å²) in [4.78, 5) is 8.91. The molecule has 1 aliphatic rings. The maximum atomic E-state index is 5.51. The fourth-order valence-corrected chi connectivity index (χ4v) is 2.14. The molecule has 3 rings (SSSR count). The van der Waals surface area contributed by atoms with Crippen molar-refractivity contribution in [1.29, 1.82) is 0 Å². The van der Waals surface area contributed by atoms with Crippen molar-refractivity contribution in [2.75, 3.05) is 5.43 Å². The molecule has 0 fully saturated rings. The highest BCUT2D eigenvalue weighted by atomic mass is 15.3. The van der Waals surface area contributed by atoms with Gasteiger partial charge in [0.25, 0.3) is 0 Å². The molecular weight excluding hydrogens is 218 g/mol. The van der Waals surface area contributed by atoms with E-state index in [0.717, 1.165) is 36.9 Å². The molecule has 0 aromatic carbocycles. The number of rotatable bonds is 2. The van der Waals surface area contributed by atoms with Gasteiger partial charge in [-0.3, -0.25) is 0 Å². The molecule has 0 atom stereocenters. The summed E-state index contributed by atoms with van der Waals surface area (Å²) in [7, 11) is 0. The Hall–Kier alpha value is -2.02. The zero-order chi connectivity index (χ0) is 11.7. The Morgan fingerprint density at radius 1 is 1.24 bits per heavy atom. The van der Waals surface area contributed by atoms with Gasteiger partial charge in [-0.2, -0.15) is 15.4 Å². The first-order chi connectivity index (χ1) is 8.38. The maximum absolute atomic E-state index is 5.51. The number of aryl methyl sites for hydroxylation is 1. The van der Waals surface area contributed by atoms with Crippen LogP contribution in [0.1, 0.15) is 24.1 Å². The minimum atomic E-state index is 0.562. The van der Waals surface area contributed by atoms with Gasteiger partial charge in [-0.1, -0.05) is 0 Å². The van der Waals surface area contributed by atoms with Crippen LogP contribution in [0, 0.1) is 0 Å².